The van der Waals surface area contributed by atoms with E-state index in [1.165, 1.54) is 7.11 Å². The molecular formula is C18H26N6O3. The van der Waals surface area contributed by atoms with E-state index in [-0.39, 0.29) is 5.91 Å². The third-order valence-electron chi connectivity index (χ3n) is 4.54. The highest BCUT2D eigenvalue weighted by molar-refractivity contribution is 5.95. The number of aromatic nitrogens is 4. The van der Waals surface area contributed by atoms with Crippen molar-refractivity contribution in [2.75, 3.05) is 46.5 Å². The number of carbonyl (C=O) groups is 1. The zero-order valence-electron chi connectivity index (χ0n) is 15.8. The van der Waals surface area contributed by atoms with E-state index in [9.17, 15) is 4.79 Å². The van der Waals surface area contributed by atoms with Gasteiger partial charge in [-0.1, -0.05) is 6.92 Å². The molecule has 27 heavy (non-hydrogen) atoms. The molecule has 0 spiro atoms. The van der Waals surface area contributed by atoms with Gasteiger partial charge < -0.3 is 14.8 Å². The molecule has 0 radical (unpaired) electrons. The Morgan fingerprint density at radius 1 is 1.30 bits per heavy atom. The van der Waals surface area contributed by atoms with Crippen LogP contribution >= 0.6 is 0 Å². The van der Waals surface area contributed by atoms with Crippen LogP contribution in [0.2, 0.25) is 0 Å². The van der Waals surface area contributed by atoms with Crippen molar-refractivity contribution in [2.24, 2.45) is 0 Å². The minimum Gasteiger partial charge on any atom is -0.480 e. The Kier molecular flexibility index (Phi) is 6.72. The molecule has 146 valence electrons. The first kappa shape index (κ1) is 19.2. The molecule has 0 aliphatic carbocycles. The molecule has 3 rings (SSSR count). The van der Waals surface area contributed by atoms with E-state index in [4.69, 9.17) is 9.47 Å². The molecule has 2 aromatic heterocycles. The van der Waals surface area contributed by atoms with Crippen LogP contribution in [0, 0.1) is 0 Å². The Morgan fingerprint density at radius 2 is 2.11 bits per heavy atom. The molecule has 1 N–H and O–H groups in total. The van der Waals surface area contributed by atoms with E-state index < -0.39 is 0 Å². The summed E-state index contributed by atoms with van der Waals surface area (Å²) in [5, 5.41) is 15.4. The number of hydrogen-bond donors (Lipinski definition) is 1. The van der Waals surface area contributed by atoms with Crippen LogP contribution in [0.25, 0.3) is 5.82 Å². The van der Waals surface area contributed by atoms with Gasteiger partial charge in [0.05, 0.1) is 37.8 Å². The zero-order chi connectivity index (χ0) is 19.1. The number of methoxy groups -OCH3 is 1. The average Bonchev–Trinajstić information content (AvgIpc) is 3.16. The van der Waals surface area contributed by atoms with Crippen molar-refractivity contribution in [3.05, 3.63) is 29.6 Å². The normalized spacial score (nSPS) is 14.9. The second kappa shape index (κ2) is 9.43. The lowest BCUT2D eigenvalue weighted by Gasteiger charge is -2.26. The van der Waals surface area contributed by atoms with Crippen LogP contribution in [0.15, 0.2) is 18.3 Å². The van der Waals surface area contributed by atoms with Gasteiger partial charge in [0.15, 0.2) is 5.82 Å². The minimum absolute atomic E-state index is 0.110. The van der Waals surface area contributed by atoms with Gasteiger partial charge in [0, 0.05) is 25.7 Å². The Morgan fingerprint density at radius 3 is 2.78 bits per heavy atom. The fourth-order valence-corrected chi connectivity index (χ4v) is 3.06. The monoisotopic (exact) mass is 374 g/mol. The van der Waals surface area contributed by atoms with Crippen LogP contribution in [0.3, 0.4) is 0 Å². The van der Waals surface area contributed by atoms with E-state index in [1.54, 1.807) is 23.0 Å². The number of morpholine rings is 1. The number of ether oxygens (including phenoxy) is 2. The molecule has 2 aromatic rings. The summed E-state index contributed by atoms with van der Waals surface area (Å²) in [4.78, 5) is 14.9. The molecule has 3 heterocycles. The summed E-state index contributed by atoms with van der Waals surface area (Å²) in [7, 11) is 1.54. The van der Waals surface area contributed by atoms with Crippen molar-refractivity contribution in [1.29, 1.82) is 0 Å². The fourth-order valence-electron chi connectivity index (χ4n) is 3.06. The van der Waals surface area contributed by atoms with Crippen LogP contribution in [0.5, 0.6) is 5.88 Å². The summed E-state index contributed by atoms with van der Waals surface area (Å²) >= 11 is 0. The number of amides is 1. The Balaban J connectivity index is 1.58. The molecule has 0 atom stereocenters. The summed E-state index contributed by atoms with van der Waals surface area (Å²) in [5.41, 5.74) is 1.38. The van der Waals surface area contributed by atoms with E-state index in [0.29, 0.717) is 30.2 Å². The maximum Gasteiger partial charge on any atom is 0.254 e. The van der Waals surface area contributed by atoms with Gasteiger partial charge in [-0.25, -0.2) is 4.68 Å². The maximum atomic E-state index is 12.6. The highest BCUT2D eigenvalue weighted by Crippen LogP contribution is 2.15. The maximum absolute atomic E-state index is 12.6. The zero-order valence-corrected chi connectivity index (χ0v) is 15.8. The van der Waals surface area contributed by atoms with Crippen molar-refractivity contribution in [3.8, 4) is 11.7 Å². The number of hydrogen-bond acceptors (Lipinski definition) is 7. The first-order valence-electron chi connectivity index (χ1n) is 9.26. The van der Waals surface area contributed by atoms with Gasteiger partial charge in [-0.2, -0.15) is 5.10 Å². The van der Waals surface area contributed by atoms with Gasteiger partial charge in [-0.15, -0.1) is 10.2 Å². The van der Waals surface area contributed by atoms with Crippen LogP contribution in [-0.2, 0) is 11.2 Å². The third kappa shape index (κ3) is 4.81. The topological polar surface area (TPSA) is 94.4 Å². The SMILES string of the molecule is CCc1c(C(=O)NCCCN2CCOCC2)cnn1-c1ccc(OC)nn1. The summed E-state index contributed by atoms with van der Waals surface area (Å²) < 4.78 is 12.0. The van der Waals surface area contributed by atoms with Gasteiger partial charge in [0.2, 0.25) is 5.88 Å². The number of carbonyl (C=O) groups excluding carboxylic acids is 1. The van der Waals surface area contributed by atoms with Gasteiger partial charge in [-0.3, -0.25) is 9.69 Å². The van der Waals surface area contributed by atoms with Crippen molar-refractivity contribution in [1.82, 2.24) is 30.2 Å². The molecule has 9 heteroatoms. The van der Waals surface area contributed by atoms with Crippen molar-refractivity contribution >= 4 is 5.91 Å². The highest BCUT2D eigenvalue weighted by Gasteiger charge is 2.18. The second-order valence-corrected chi connectivity index (χ2v) is 6.27. The van der Waals surface area contributed by atoms with Crippen LogP contribution in [0.1, 0.15) is 29.4 Å². The fraction of sp³-hybridized carbons (Fsp3) is 0.556. The van der Waals surface area contributed by atoms with E-state index in [0.717, 1.165) is 45.0 Å². The molecule has 1 aliphatic heterocycles. The molecule has 0 bridgehead atoms. The van der Waals surface area contributed by atoms with Crippen LogP contribution in [-0.4, -0.2) is 77.3 Å². The van der Waals surface area contributed by atoms with Gasteiger partial charge in [0.1, 0.15) is 0 Å². The van der Waals surface area contributed by atoms with E-state index in [2.05, 4.69) is 25.5 Å². The quantitative estimate of drug-likeness (QED) is 0.679. The largest absolute Gasteiger partial charge is 0.480 e. The predicted molar refractivity (Wildman–Crippen MR) is 99.3 cm³/mol. The summed E-state index contributed by atoms with van der Waals surface area (Å²) in [6.07, 6.45) is 3.15. The summed E-state index contributed by atoms with van der Waals surface area (Å²) in [6, 6.07) is 3.48. The summed E-state index contributed by atoms with van der Waals surface area (Å²) in [5.74, 6) is 0.878. The Bertz CT molecular complexity index is 740. The van der Waals surface area contributed by atoms with E-state index in [1.807, 2.05) is 6.92 Å². The van der Waals surface area contributed by atoms with Crippen LogP contribution < -0.4 is 10.1 Å². The minimum atomic E-state index is -0.110. The molecule has 1 aliphatic rings. The highest BCUT2D eigenvalue weighted by atomic mass is 16.5. The lowest BCUT2D eigenvalue weighted by molar-refractivity contribution is 0.0374. The molecule has 9 nitrogen and oxygen atoms in total. The first-order valence-corrected chi connectivity index (χ1v) is 9.26. The number of nitrogens with one attached hydrogen (secondary N) is 1. The third-order valence-corrected chi connectivity index (χ3v) is 4.54. The van der Waals surface area contributed by atoms with Crippen molar-refractivity contribution in [3.63, 3.8) is 0 Å². The molecule has 1 amide bonds. The molecule has 0 saturated carbocycles. The molecule has 1 fully saturated rings. The van der Waals surface area contributed by atoms with Gasteiger partial charge >= 0.3 is 0 Å². The number of rotatable bonds is 8. The number of nitrogens with zero attached hydrogens (tertiary/aromatic N) is 5. The lowest BCUT2D eigenvalue weighted by Crippen LogP contribution is -2.38. The van der Waals surface area contributed by atoms with E-state index >= 15 is 0 Å². The first-order chi connectivity index (χ1) is 13.2. The molecule has 1 saturated heterocycles. The van der Waals surface area contributed by atoms with Crippen LogP contribution in [0.4, 0.5) is 0 Å². The standard InChI is InChI=1S/C18H26N6O3/c1-3-15-14(13-20-24(15)16-5-6-17(26-2)22-21-16)18(25)19-7-4-8-23-9-11-27-12-10-23/h5-6,13H,3-4,7-12H2,1-2H3,(H,19,25). The molecule has 0 aromatic carbocycles. The molecule has 0 unspecified atom stereocenters. The van der Waals surface area contributed by atoms with Gasteiger partial charge in [-0.05, 0) is 25.5 Å². The average molecular weight is 374 g/mol. The van der Waals surface area contributed by atoms with Crippen molar-refractivity contribution in [2.45, 2.75) is 19.8 Å². The molecular weight excluding hydrogens is 348 g/mol. The smallest absolute Gasteiger partial charge is 0.254 e. The van der Waals surface area contributed by atoms with Gasteiger partial charge in [0.25, 0.3) is 5.91 Å². The van der Waals surface area contributed by atoms with Crippen molar-refractivity contribution < 1.29 is 14.3 Å². The second-order valence-electron chi connectivity index (χ2n) is 6.27. The Hall–Kier alpha value is -2.52. The Labute approximate surface area is 158 Å². The predicted octanol–water partition coefficient (Wildman–Crippen LogP) is 0.685. The summed E-state index contributed by atoms with van der Waals surface area (Å²) in [6.45, 7) is 7.09. The lowest BCUT2D eigenvalue weighted by atomic mass is 10.2.